The van der Waals surface area contributed by atoms with Gasteiger partial charge in [-0.1, -0.05) is 30.3 Å². The number of esters is 1. The van der Waals surface area contributed by atoms with Crippen LogP contribution in [0.5, 0.6) is 5.75 Å². The van der Waals surface area contributed by atoms with Crippen molar-refractivity contribution in [3.63, 3.8) is 0 Å². The molecule has 0 unspecified atom stereocenters. The first-order valence-electron chi connectivity index (χ1n) is 8.34. The minimum absolute atomic E-state index is 0.0780. The molecule has 1 amide bonds. The third kappa shape index (κ3) is 6.77. The van der Waals surface area contributed by atoms with E-state index in [0.29, 0.717) is 13.0 Å². The highest BCUT2D eigenvalue weighted by atomic mass is 16.6. The van der Waals surface area contributed by atoms with Gasteiger partial charge in [0, 0.05) is 18.7 Å². The number of hydrogen-bond donors (Lipinski definition) is 1. The van der Waals surface area contributed by atoms with Crippen LogP contribution in [0.25, 0.3) is 0 Å². The molecule has 2 rings (SSSR count). The van der Waals surface area contributed by atoms with E-state index in [-0.39, 0.29) is 11.4 Å². The predicted molar refractivity (Wildman–Crippen MR) is 97.3 cm³/mol. The predicted octanol–water partition coefficient (Wildman–Crippen LogP) is 2.26. The van der Waals surface area contributed by atoms with Crippen molar-refractivity contribution in [2.75, 3.05) is 13.2 Å². The van der Waals surface area contributed by atoms with Gasteiger partial charge in [0.05, 0.1) is 4.92 Å². The Labute approximate surface area is 156 Å². The van der Waals surface area contributed by atoms with Crippen LogP contribution >= 0.6 is 0 Å². The first-order chi connectivity index (χ1) is 13.0. The SMILES string of the molecule is C[C@@H](OC(=O)COc1ccc([N+](=O)[O-])cc1)C(=O)NCCc1ccccc1. The van der Waals surface area contributed by atoms with E-state index in [1.807, 2.05) is 30.3 Å². The Hall–Kier alpha value is -3.42. The Kier molecular flexibility index (Phi) is 7.30. The zero-order valence-corrected chi connectivity index (χ0v) is 14.8. The second-order valence-corrected chi connectivity index (χ2v) is 5.70. The molecule has 1 N–H and O–H groups in total. The highest BCUT2D eigenvalue weighted by Crippen LogP contribution is 2.17. The minimum atomic E-state index is -0.950. The van der Waals surface area contributed by atoms with Crippen molar-refractivity contribution in [2.24, 2.45) is 0 Å². The molecular weight excluding hydrogens is 352 g/mol. The van der Waals surface area contributed by atoms with Crippen molar-refractivity contribution >= 4 is 17.6 Å². The Bertz CT molecular complexity index is 777. The standard InChI is InChI=1S/C19H20N2O6/c1-14(19(23)20-12-11-15-5-3-2-4-6-15)27-18(22)13-26-17-9-7-16(8-10-17)21(24)25/h2-10,14H,11-13H2,1H3,(H,20,23)/t14-/m1/s1. The van der Waals surface area contributed by atoms with Crippen molar-refractivity contribution in [3.8, 4) is 5.75 Å². The Morgan fingerprint density at radius 2 is 1.78 bits per heavy atom. The molecule has 8 heteroatoms. The molecule has 2 aromatic carbocycles. The first kappa shape index (κ1) is 19.9. The molecule has 0 aromatic heterocycles. The smallest absolute Gasteiger partial charge is 0.344 e. The maximum Gasteiger partial charge on any atom is 0.344 e. The zero-order valence-electron chi connectivity index (χ0n) is 14.8. The number of benzene rings is 2. The number of ether oxygens (including phenoxy) is 2. The summed E-state index contributed by atoms with van der Waals surface area (Å²) in [5, 5.41) is 13.3. The normalized spacial score (nSPS) is 11.3. The maximum atomic E-state index is 12.0. The number of carbonyl (C=O) groups is 2. The largest absolute Gasteiger partial charge is 0.482 e. The van der Waals surface area contributed by atoms with Gasteiger partial charge < -0.3 is 14.8 Å². The van der Waals surface area contributed by atoms with Crippen LogP contribution in [0, 0.1) is 10.1 Å². The molecule has 0 aliphatic heterocycles. The fourth-order valence-corrected chi connectivity index (χ4v) is 2.21. The Balaban J connectivity index is 1.69. The van der Waals surface area contributed by atoms with E-state index in [9.17, 15) is 19.7 Å². The fraction of sp³-hybridized carbons (Fsp3) is 0.263. The molecule has 0 saturated carbocycles. The lowest BCUT2D eigenvalue weighted by Crippen LogP contribution is -2.37. The van der Waals surface area contributed by atoms with E-state index < -0.39 is 29.5 Å². The van der Waals surface area contributed by atoms with Crippen molar-refractivity contribution in [2.45, 2.75) is 19.4 Å². The molecule has 8 nitrogen and oxygen atoms in total. The number of nitrogens with zero attached hydrogens (tertiary/aromatic N) is 1. The monoisotopic (exact) mass is 372 g/mol. The summed E-state index contributed by atoms with van der Waals surface area (Å²) in [5.41, 5.74) is 1.02. The number of hydrogen-bond acceptors (Lipinski definition) is 6. The molecule has 0 radical (unpaired) electrons. The van der Waals surface area contributed by atoms with E-state index in [0.717, 1.165) is 5.56 Å². The molecule has 2 aromatic rings. The summed E-state index contributed by atoms with van der Waals surface area (Å²) < 4.78 is 10.2. The van der Waals surface area contributed by atoms with Gasteiger partial charge in [-0.05, 0) is 31.0 Å². The molecule has 0 bridgehead atoms. The van der Waals surface area contributed by atoms with Crippen molar-refractivity contribution < 1.29 is 24.0 Å². The summed E-state index contributed by atoms with van der Waals surface area (Å²) >= 11 is 0. The summed E-state index contributed by atoms with van der Waals surface area (Å²) in [5.74, 6) is -0.814. The van der Waals surface area contributed by atoms with E-state index in [1.165, 1.54) is 31.2 Å². The van der Waals surface area contributed by atoms with Crippen molar-refractivity contribution in [1.82, 2.24) is 5.32 Å². The van der Waals surface area contributed by atoms with Crippen LogP contribution in [0.15, 0.2) is 54.6 Å². The molecule has 0 saturated heterocycles. The topological polar surface area (TPSA) is 108 Å². The summed E-state index contributed by atoms with van der Waals surface area (Å²) in [7, 11) is 0. The third-order valence-electron chi connectivity index (χ3n) is 3.64. The number of nitro benzene ring substituents is 1. The van der Waals surface area contributed by atoms with Crippen molar-refractivity contribution in [1.29, 1.82) is 0 Å². The number of non-ortho nitro benzene ring substituents is 1. The molecule has 0 aliphatic carbocycles. The number of amides is 1. The molecular formula is C19H20N2O6. The average molecular weight is 372 g/mol. The molecule has 27 heavy (non-hydrogen) atoms. The molecule has 0 aliphatic rings. The molecule has 1 atom stereocenters. The van der Waals surface area contributed by atoms with Crippen LogP contribution < -0.4 is 10.1 Å². The quantitative estimate of drug-likeness (QED) is 0.411. The van der Waals surface area contributed by atoms with Crippen LogP contribution in [0.3, 0.4) is 0 Å². The lowest BCUT2D eigenvalue weighted by molar-refractivity contribution is -0.384. The summed E-state index contributed by atoms with van der Waals surface area (Å²) in [6, 6.07) is 15.0. The van der Waals surface area contributed by atoms with Gasteiger partial charge in [-0.25, -0.2) is 4.79 Å². The van der Waals surface area contributed by atoms with Gasteiger partial charge in [-0.2, -0.15) is 0 Å². The molecule has 0 fully saturated rings. The van der Waals surface area contributed by atoms with Crippen LogP contribution in [0.1, 0.15) is 12.5 Å². The number of rotatable bonds is 9. The van der Waals surface area contributed by atoms with Crippen LogP contribution in [0.4, 0.5) is 5.69 Å². The summed E-state index contributed by atoms with van der Waals surface area (Å²) in [6.07, 6.45) is -0.273. The van der Waals surface area contributed by atoms with Gasteiger partial charge in [0.1, 0.15) is 5.75 Å². The van der Waals surface area contributed by atoms with Crippen LogP contribution in [-0.4, -0.2) is 36.1 Å². The molecule has 0 heterocycles. The van der Waals surface area contributed by atoms with E-state index in [4.69, 9.17) is 9.47 Å². The number of nitrogens with one attached hydrogen (secondary N) is 1. The summed E-state index contributed by atoms with van der Waals surface area (Å²) in [4.78, 5) is 33.8. The number of carbonyl (C=O) groups excluding carboxylic acids is 2. The Morgan fingerprint density at radius 1 is 1.11 bits per heavy atom. The van der Waals surface area contributed by atoms with E-state index in [2.05, 4.69) is 5.32 Å². The average Bonchev–Trinajstić information content (AvgIpc) is 2.67. The lowest BCUT2D eigenvalue weighted by atomic mass is 10.1. The van der Waals surface area contributed by atoms with E-state index >= 15 is 0 Å². The number of nitro groups is 1. The highest BCUT2D eigenvalue weighted by molar-refractivity contribution is 5.83. The van der Waals surface area contributed by atoms with Crippen LogP contribution in [0.2, 0.25) is 0 Å². The van der Waals surface area contributed by atoms with Gasteiger partial charge >= 0.3 is 5.97 Å². The van der Waals surface area contributed by atoms with Crippen molar-refractivity contribution in [3.05, 3.63) is 70.3 Å². The highest BCUT2D eigenvalue weighted by Gasteiger charge is 2.17. The van der Waals surface area contributed by atoms with Gasteiger partial charge in [0.15, 0.2) is 12.7 Å². The van der Waals surface area contributed by atoms with Gasteiger partial charge in [-0.3, -0.25) is 14.9 Å². The van der Waals surface area contributed by atoms with Crippen LogP contribution in [-0.2, 0) is 20.7 Å². The van der Waals surface area contributed by atoms with Gasteiger partial charge in [0.2, 0.25) is 0 Å². The Morgan fingerprint density at radius 3 is 2.41 bits per heavy atom. The van der Waals surface area contributed by atoms with Gasteiger partial charge in [-0.15, -0.1) is 0 Å². The first-order valence-corrected chi connectivity index (χ1v) is 8.34. The summed E-state index contributed by atoms with van der Waals surface area (Å²) in [6.45, 7) is 1.51. The lowest BCUT2D eigenvalue weighted by Gasteiger charge is -2.14. The second kappa shape index (κ2) is 9.91. The second-order valence-electron chi connectivity index (χ2n) is 5.70. The van der Waals surface area contributed by atoms with E-state index in [1.54, 1.807) is 0 Å². The van der Waals surface area contributed by atoms with Gasteiger partial charge in [0.25, 0.3) is 11.6 Å². The third-order valence-corrected chi connectivity index (χ3v) is 3.64. The maximum absolute atomic E-state index is 12.0. The molecule has 142 valence electrons. The molecule has 0 spiro atoms. The minimum Gasteiger partial charge on any atom is -0.482 e. The fourth-order valence-electron chi connectivity index (χ4n) is 2.21. The zero-order chi connectivity index (χ0) is 19.6.